The molecule has 0 amide bonds. The minimum absolute atomic E-state index is 0.0298. The second-order valence-electron chi connectivity index (χ2n) is 8.44. The highest BCUT2D eigenvalue weighted by molar-refractivity contribution is 5.85. The van der Waals surface area contributed by atoms with Crippen LogP contribution < -0.4 is 15.8 Å². The number of aromatic nitrogens is 2. The first-order valence-corrected chi connectivity index (χ1v) is 9.98. The van der Waals surface area contributed by atoms with Gasteiger partial charge in [0.25, 0.3) is 5.56 Å². The predicted molar refractivity (Wildman–Crippen MR) is 100.0 cm³/mol. The van der Waals surface area contributed by atoms with E-state index in [2.05, 4.69) is 10.3 Å². The van der Waals surface area contributed by atoms with E-state index >= 15 is 0 Å². The van der Waals surface area contributed by atoms with Gasteiger partial charge >= 0.3 is 6.18 Å². The fourth-order valence-electron chi connectivity index (χ4n) is 4.14. The van der Waals surface area contributed by atoms with Crippen LogP contribution in [-0.4, -0.2) is 53.4 Å². The maximum atomic E-state index is 13.6. The summed E-state index contributed by atoms with van der Waals surface area (Å²) in [6, 6.07) is -0.558. The SMILES string of the molecule is CC(C)C(=O)CN1c2nc(NC[C@H]3OC[C@@H]4CC43)cc(=O)n2CC[C@H]1C(F)(F)F. The number of nitrogens with zero attached hydrogens (tertiary/aromatic N) is 3. The first-order valence-electron chi connectivity index (χ1n) is 9.98. The number of hydrogen-bond donors (Lipinski definition) is 1. The minimum Gasteiger partial charge on any atom is -0.376 e. The Balaban J connectivity index is 1.61. The van der Waals surface area contributed by atoms with Gasteiger partial charge in [-0.1, -0.05) is 13.8 Å². The lowest BCUT2D eigenvalue weighted by molar-refractivity contribution is -0.153. The molecule has 1 saturated carbocycles. The number of rotatable bonds is 6. The van der Waals surface area contributed by atoms with Gasteiger partial charge in [0.05, 0.1) is 19.3 Å². The topological polar surface area (TPSA) is 76.5 Å². The van der Waals surface area contributed by atoms with Gasteiger partial charge in [-0.05, 0) is 24.7 Å². The zero-order valence-corrected chi connectivity index (χ0v) is 16.4. The van der Waals surface area contributed by atoms with Gasteiger partial charge in [0.1, 0.15) is 11.9 Å². The van der Waals surface area contributed by atoms with Gasteiger partial charge in [-0.2, -0.15) is 18.2 Å². The molecule has 0 spiro atoms. The summed E-state index contributed by atoms with van der Waals surface area (Å²) in [4.78, 5) is 30.0. The standard InChI is InChI=1S/C19H25F3N4O3/c1-10(2)13(27)8-26-15(19(20,21)22)3-4-25-17(28)6-16(24-18(25)26)23-7-14-12-5-11(12)9-29-14/h6,10-12,14-15,23H,3-5,7-9H2,1-2H3/t11-,12?,14+,15-/m0/s1. The van der Waals surface area contributed by atoms with E-state index in [4.69, 9.17) is 4.74 Å². The first-order chi connectivity index (χ1) is 13.6. The van der Waals surface area contributed by atoms with Crippen molar-refractivity contribution in [3.05, 3.63) is 16.4 Å². The third kappa shape index (κ3) is 3.99. The van der Waals surface area contributed by atoms with Gasteiger partial charge in [0.15, 0.2) is 5.78 Å². The van der Waals surface area contributed by atoms with E-state index in [0.717, 1.165) is 17.9 Å². The Kier molecular flexibility index (Phi) is 5.08. The molecule has 2 aliphatic heterocycles. The second-order valence-corrected chi connectivity index (χ2v) is 8.44. The highest BCUT2D eigenvalue weighted by Gasteiger charge is 2.49. The third-order valence-corrected chi connectivity index (χ3v) is 6.06. The summed E-state index contributed by atoms with van der Waals surface area (Å²) in [5.74, 6) is 0.459. The zero-order valence-electron chi connectivity index (χ0n) is 16.4. The Bertz CT molecular complexity index is 854. The van der Waals surface area contributed by atoms with E-state index in [9.17, 15) is 22.8 Å². The fourth-order valence-corrected chi connectivity index (χ4v) is 4.14. The third-order valence-electron chi connectivity index (χ3n) is 6.06. The molecule has 3 heterocycles. The minimum atomic E-state index is -4.53. The Hall–Kier alpha value is -2.10. The number of ether oxygens (including phenoxy) is 1. The number of anilines is 2. The number of carbonyl (C=O) groups excluding carboxylic acids is 1. The molecule has 1 aromatic rings. The van der Waals surface area contributed by atoms with Gasteiger partial charge in [-0.3, -0.25) is 14.2 Å². The van der Waals surface area contributed by atoms with Crippen LogP contribution in [0.3, 0.4) is 0 Å². The molecular weight excluding hydrogens is 389 g/mol. The highest BCUT2D eigenvalue weighted by atomic mass is 19.4. The van der Waals surface area contributed by atoms with Gasteiger partial charge in [0, 0.05) is 25.1 Å². The normalized spacial score (nSPS) is 28.3. The summed E-state index contributed by atoms with van der Waals surface area (Å²) in [6.07, 6.45) is -3.66. The number of hydrogen-bond acceptors (Lipinski definition) is 6. The lowest BCUT2D eigenvalue weighted by Crippen LogP contribution is -2.54. The summed E-state index contributed by atoms with van der Waals surface area (Å²) in [7, 11) is 0. The Morgan fingerprint density at radius 2 is 2.17 bits per heavy atom. The molecule has 1 saturated heterocycles. The fraction of sp³-hybridized carbons (Fsp3) is 0.737. The maximum Gasteiger partial charge on any atom is 0.408 e. The van der Waals surface area contributed by atoms with Gasteiger partial charge < -0.3 is 15.0 Å². The van der Waals surface area contributed by atoms with Crippen molar-refractivity contribution in [2.45, 2.75) is 51.6 Å². The Labute approximate surface area is 166 Å². The van der Waals surface area contributed by atoms with Crippen molar-refractivity contribution >= 4 is 17.5 Å². The molecule has 10 heteroatoms. The van der Waals surface area contributed by atoms with Crippen molar-refractivity contribution in [1.29, 1.82) is 0 Å². The zero-order chi connectivity index (χ0) is 20.9. The van der Waals surface area contributed by atoms with E-state index in [0.29, 0.717) is 18.4 Å². The van der Waals surface area contributed by atoms with Crippen LogP contribution in [0.2, 0.25) is 0 Å². The van der Waals surface area contributed by atoms with Crippen molar-refractivity contribution in [2.24, 2.45) is 17.8 Å². The van der Waals surface area contributed by atoms with Crippen LogP contribution in [0.25, 0.3) is 0 Å². The number of fused-ring (bicyclic) bond motifs is 2. The van der Waals surface area contributed by atoms with Gasteiger partial charge in [0.2, 0.25) is 5.95 Å². The monoisotopic (exact) mass is 414 g/mol. The van der Waals surface area contributed by atoms with E-state index in [1.165, 1.54) is 10.6 Å². The number of halogens is 3. The van der Waals surface area contributed by atoms with Crippen molar-refractivity contribution < 1.29 is 22.7 Å². The van der Waals surface area contributed by atoms with Crippen LogP contribution in [0.15, 0.2) is 10.9 Å². The predicted octanol–water partition coefficient (Wildman–Crippen LogP) is 2.06. The lowest BCUT2D eigenvalue weighted by Gasteiger charge is -2.38. The molecule has 29 heavy (non-hydrogen) atoms. The van der Waals surface area contributed by atoms with Crippen LogP contribution in [0.4, 0.5) is 24.9 Å². The van der Waals surface area contributed by atoms with Crippen molar-refractivity contribution in [2.75, 3.05) is 29.9 Å². The van der Waals surface area contributed by atoms with Gasteiger partial charge in [-0.25, -0.2) is 0 Å². The summed E-state index contributed by atoms with van der Waals surface area (Å²) in [5, 5.41) is 3.04. The molecule has 7 nitrogen and oxygen atoms in total. The van der Waals surface area contributed by atoms with E-state index in [-0.39, 0.29) is 36.6 Å². The molecule has 1 unspecified atom stereocenters. The summed E-state index contributed by atoms with van der Waals surface area (Å²) in [6.45, 7) is 3.93. The van der Waals surface area contributed by atoms with Crippen LogP contribution >= 0.6 is 0 Å². The van der Waals surface area contributed by atoms with Crippen LogP contribution in [0.1, 0.15) is 26.7 Å². The lowest BCUT2D eigenvalue weighted by atomic mass is 10.1. The second kappa shape index (κ2) is 7.30. The Morgan fingerprint density at radius 1 is 1.41 bits per heavy atom. The maximum absolute atomic E-state index is 13.6. The van der Waals surface area contributed by atoms with Crippen molar-refractivity contribution in [3.63, 3.8) is 0 Å². The smallest absolute Gasteiger partial charge is 0.376 e. The molecule has 0 aromatic carbocycles. The van der Waals surface area contributed by atoms with E-state index in [1.54, 1.807) is 13.8 Å². The molecule has 4 rings (SSSR count). The molecule has 3 aliphatic rings. The number of ketones is 1. The van der Waals surface area contributed by atoms with Gasteiger partial charge in [-0.15, -0.1) is 0 Å². The van der Waals surface area contributed by atoms with Crippen LogP contribution in [0, 0.1) is 17.8 Å². The van der Waals surface area contributed by atoms with E-state index in [1.807, 2.05) is 0 Å². The number of nitrogens with one attached hydrogen (secondary N) is 1. The van der Waals surface area contributed by atoms with Crippen LogP contribution in [0.5, 0.6) is 0 Å². The summed E-state index contributed by atoms with van der Waals surface area (Å²) in [5.41, 5.74) is -0.434. The average molecular weight is 414 g/mol. The van der Waals surface area contributed by atoms with Crippen molar-refractivity contribution in [1.82, 2.24) is 9.55 Å². The highest BCUT2D eigenvalue weighted by Crippen LogP contribution is 2.47. The number of alkyl halides is 3. The quantitative estimate of drug-likeness (QED) is 0.768. The number of Topliss-reactive ketones (excluding diaryl/α,β-unsaturated/α-hetero) is 1. The summed E-state index contributed by atoms with van der Waals surface area (Å²) < 4.78 is 47.8. The molecular formula is C19H25F3N4O3. The largest absolute Gasteiger partial charge is 0.408 e. The average Bonchev–Trinajstić information content (AvgIpc) is 3.31. The Morgan fingerprint density at radius 3 is 2.76 bits per heavy atom. The summed E-state index contributed by atoms with van der Waals surface area (Å²) >= 11 is 0. The molecule has 2 fully saturated rings. The number of carbonyl (C=O) groups is 1. The molecule has 160 valence electrons. The molecule has 1 aliphatic carbocycles. The molecule has 0 bridgehead atoms. The molecule has 4 atom stereocenters. The van der Waals surface area contributed by atoms with Crippen molar-refractivity contribution in [3.8, 4) is 0 Å². The van der Waals surface area contributed by atoms with Crippen LogP contribution in [-0.2, 0) is 16.1 Å². The van der Waals surface area contributed by atoms with E-state index < -0.39 is 30.2 Å². The molecule has 0 radical (unpaired) electrons. The first kappa shape index (κ1) is 20.2. The molecule has 1 N–H and O–H groups in total. The molecule has 1 aromatic heterocycles.